The van der Waals surface area contributed by atoms with Crippen molar-refractivity contribution in [3.8, 4) is 17.2 Å². The van der Waals surface area contributed by atoms with Gasteiger partial charge in [-0.15, -0.1) is 0 Å². The van der Waals surface area contributed by atoms with Gasteiger partial charge in [0.2, 0.25) is 0 Å². The van der Waals surface area contributed by atoms with Crippen LogP contribution in [0.15, 0.2) is 109 Å². The lowest BCUT2D eigenvalue weighted by Crippen LogP contribution is -2.15. The van der Waals surface area contributed by atoms with Crippen LogP contribution in [0.2, 0.25) is 0 Å². The second-order valence-electron chi connectivity index (χ2n) is 14.5. The van der Waals surface area contributed by atoms with Gasteiger partial charge in [0, 0.05) is 16.7 Å². The van der Waals surface area contributed by atoms with Gasteiger partial charge in [0.05, 0.1) is 16.7 Å². The third kappa shape index (κ3) is 8.14. The number of phosphoric acid groups is 1. The molecule has 0 heterocycles. The van der Waals surface area contributed by atoms with E-state index < -0.39 is 7.82 Å². The second-order valence-corrected chi connectivity index (χ2v) is 16.0. The molecule has 0 unspecified atom stereocenters. The molecule has 8 heteroatoms. The summed E-state index contributed by atoms with van der Waals surface area (Å²) in [7, 11) is -4.91. The summed E-state index contributed by atoms with van der Waals surface area (Å²) in [5.41, 5.74) is 9.56. The van der Waals surface area contributed by atoms with Crippen molar-refractivity contribution in [2.75, 3.05) is 0 Å². The maximum absolute atomic E-state index is 15.4. The van der Waals surface area contributed by atoms with Crippen molar-refractivity contribution in [2.24, 2.45) is 0 Å². The van der Waals surface area contributed by atoms with Crippen molar-refractivity contribution >= 4 is 25.2 Å². The van der Waals surface area contributed by atoms with Crippen LogP contribution in [0.5, 0.6) is 17.2 Å². The second kappa shape index (κ2) is 16.0. The molecular formula is C48H45O7P. The smallest absolute Gasteiger partial charge is 0.385 e. The van der Waals surface area contributed by atoms with Crippen molar-refractivity contribution < 1.29 is 32.5 Å². The zero-order valence-electron chi connectivity index (χ0n) is 33.2. The van der Waals surface area contributed by atoms with E-state index in [0.717, 1.165) is 50.1 Å². The Balaban J connectivity index is 1.49. The number of para-hydroxylation sites is 3. The summed E-state index contributed by atoms with van der Waals surface area (Å²) >= 11 is 0. The standard InChI is InChI=1S/C48H45O7P/c1-28-22-31(4)43(32(5)23-28)46(49)37-16-10-13-19-40(37)53-56(52,54-41-20-14-11-17-38(41)47(50)44-33(6)24-29(2)25-34(44)7)55-42-21-15-12-18-39(42)48(51)45-35(8)26-30(3)27-36(45)9/h10-27H,1-9H3. The summed E-state index contributed by atoms with van der Waals surface area (Å²) < 4.78 is 34.2. The van der Waals surface area contributed by atoms with E-state index in [9.17, 15) is 14.4 Å². The van der Waals surface area contributed by atoms with Gasteiger partial charge < -0.3 is 13.6 Å². The molecule has 0 aliphatic heterocycles. The Morgan fingerprint density at radius 1 is 0.375 bits per heavy atom. The summed E-state index contributed by atoms with van der Waals surface area (Å²) in [4.78, 5) is 42.8. The van der Waals surface area contributed by atoms with Crippen LogP contribution in [0.3, 0.4) is 0 Å². The molecule has 0 spiro atoms. The number of hydrogen-bond donors (Lipinski definition) is 0. The Bertz CT molecular complexity index is 2250. The van der Waals surface area contributed by atoms with Crippen molar-refractivity contribution in [2.45, 2.75) is 62.3 Å². The average Bonchev–Trinajstić information content (AvgIpc) is 3.10. The highest BCUT2D eigenvalue weighted by Crippen LogP contribution is 2.52. The molecule has 0 radical (unpaired) electrons. The molecule has 6 aromatic carbocycles. The van der Waals surface area contributed by atoms with Gasteiger partial charge in [-0.3, -0.25) is 14.4 Å². The molecule has 284 valence electrons. The topological polar surface area (TPSA) is 96.0 Å². The van der Waals surface area contributed by atoms with E-state index in [0.29, 0.717) is 16.7 Å². The SMILES string of the molecule is Cc1cc(C)c(C(=O)c2ccccc2OP(=O)(Oc2ccccc2C(=O)c2c(C)cc(C)cc2C)Oc2ccccc2C(=O)c2c(C)cc(C)cc2C)c(C)c1. The van der Waals surface area contributed by atoms with Crippen LogP contribution < -0.4 is 13.6 Å². The highest BCUT2D eigenvalue weighted by molar-refractivity contribution is 7.49. The molecule has 0 saturated heterocycles. The minimum absolute atomic E-state index is 0.0664. The molecule has 0 N–H and O–H groups in total. The van der Waals surface area contributed by atoms with Crippen LogP contribution >= 0.6 is 7.82 Å². The molecule has 0 aliphatic rings. The van der Waals surface area contributed by atoms with E-state index in [2.05, 4.69) is 0 Å². The Hall–Kier alpha value is -6.04. The Morgan fingerprint density at radius 3 is 0.821 bits per heavy atom. The zero-order valence-corrected chi connectivity index (χ0v) is 34.1. The number of rotatable bonds is 12. The molecular weight excluding hydrogens is 719 g/mol. The van der Waals surface area contributed by atoms with E-state index in [1.54, 1.807) is 54.6 Å². The van der Waals surface area contributed by atoms with Crippen molar-refractivity contribution in [3.63, 3.8) is 0 Å². The van der Waals surface area contributed by atoms with E-state index >= 15 is 4.57 Å². The van der Waals surface area contributed by atoms with Crippen LogP contribution in [-0.4, -0.2) is 17.3 Å². The fourth-order valence-corrected chi connectivity index (χ4v) is 8.95. The predicted molar refractivity (Wildman–Crippen MR) is 221 cm³/mol. The van der Waals surface area contributed by atoms with E-state index in [1.807, 2.05) is 98.7 Å². The first-order valence-electron chi connectivity index (χ1n) is 18.4. The van der Waals surface area contributed by atoms with Gasteiger partial charge >= 0.3 is 7.82 Å². The number of aryl methyl sites for hydroxylation is 9. The number of ketones is 3. The maximum atomic E-state index is 15.4. The molecule has 0 bridgehead atoms. The van der Waals surface area contributed by atoms with Crippen molar-refractivity contribution in [3.05, 3.63) is 193 Å². The molecule has 56 heavy (non-hydrogen) atoms. The predicted octanol–water partition coefficient (Wildman–Crippen LogP) is 11.8. The van der Waals surface area contributed by atoms with Crippen molar-refractivity contribution in [1.82, 2.24) is 0 Å². The Morgan fingerprint density at radius 2 is 0.589 bits per heavy atom. The first-order valence-corrected chi connectivity index (χ1v) is 19.9. The van der Waals surface area contributed by atoms with Gasteiger partial charge in [0.25, 0.3) is 0 Å². The van der Waals surface area contributed by atoms with Crippen LogP contribution in [0.25, 0.3) is 0 Å². The summed E-state index contributed by atoms with van der Waals surface area (Å²) in [5.74, 6) is -1.23. The van der Waals surface area contributed by atoms with Gasteiger partial charge in [0.1, 0.15) is 17.2 Å². The van der Waals surface area contributed by atoms with Gasteiger partial charge in [-0.2, -0.15) is 4.57 Å². The Labute approximate surface area is 328 Å². The van der Waals surface area contributed by atoms with Crippen molar-refractivity contribution in [1.29, 1.82) is 0 Å². The minimum atomic E-state index is -4.91. The van der Waals surface area contributed by atoms with Crippen LogP contribution in [0.4, 0.5) is 0 Å². The van der Waals surface area contributed by atoms with Gasteiger partial charge in [-0.1, -0.05) is 89.5 Å². The number of hydrogen-bond acceptors (Lipinski definition) is 7. The third-order valence-electron chi connectivity index (χ3n) is 9.74. The lowest BCUT2D eigenvalue weighted by atomic mass is 9.93. The highest BCUT2D eigenvalue weighted by Gasteiger charge is 2.38. The van der Waals surface area contributed by atoms with Crippen LogP contribution in [0, 0.1) is 62.3 Å². The average molecular weight is 765 g/mol. The first-order chi connectivity index (χ1) is 26.6. The number of phosphoric ester groups is 1. The van der Waals surface area contributed by atoms with E-state index in [-0.39, 0.29) is 51.3 Å². The lowest BCUT2D eigenvalue weighted by molar-refractivity contribution is 0.102. The van der Waals surface area contributed by atoms with Crippen LogP contribution in [0.1, 0.15) is 97.8 Å². The first kappa shape index (κ1) is 39.6. The molecule has 0 saturated carbocycles. The molecule has 6 rings (SSSR count). The molecule has 0 fully saturated rings. The fraction of sp³-hybridized carbons (Fsp3) is 0.188. The van der Waals surface area contributed by atoms with E-state index in [1.165, 1.54) is 18.2 Å². The lowest BCUT2D eigenvalue weighted by Gasteiger charge is -2.23. The monoisotopic (exact) mass is 764 g/mol. The van der Waals surface area contributed by atoms with Gasteiger partial charge in [-0.25, -0.2) is 0 Å². The zero-order chi connectivity index (χ0) is 40.5. The molecule has 7 nitrogen and oxygen atoms in total. The number of benzene rings is 6. The molecule has 0 aromatic heterocycles. The highest BCUT2D eigenvalue weighted by atomic mass is 31.2. The van der Waals surface area contributed by atoms with Crippen LogP contribution in [-0.2, 0) is 4.57 Å². The molecule has 0 atom stereocenters. The maximum Gasteiger partial charge on any atom is 0.647 e. The summed E-state index contributed by atoms with van der Waals surface area (Å²) in [6.45, 7) is 17.1. The molecule has 0 amide bonds. The number of carbonyl (C=O) groups excluding carboxylic acids is 3. The van der Waals surface area contributed by atoms with E-state index in [4.69, 9.17) is 13.6 Å². The Kier molecular flexibility index (Phi) is 11.3. The summed E-state index contributed by atoms with van der Waals surface area (Å²) in [6, 6.07) is 30.9. The third-order valence-corrected chi connectivity index (χ3v) is 11.0. The largest absolute Gasteiger partial charge is 0.647 e. The number of carbonyl (C=O) groups is 3. The summed E-state index contributed by atoms with van der Waals surface area (Å²) in [5, 5.41) is 0. The van der Waals surface area contributed by atoms with Gasteiger partial charge in [-0.05, 0) is 132 Å². The molecule has 6 aromatic rings. The normalized spacial score (nSPS) is 11.2. The quantitative estimate of drug-likeness (QED) is 0.0904. The summed E-state index contributed by atoms with van der Waals surface area (Å²) in [6.07, 6.45) is 0. The fourth-order valence-electron chi connectivity index (χ4n) is 7.64. The van der Waals surface area contributed by atoms with Gasteiger partial charge in [0.15, 0.2) is 17.3 Å². The minimum Gasteiger partial charge on any atom is -0.385 e. The molecule has 0 aliphatic carbocycles.